The second kappa shape index (κ2) is 6.84. The number of nitrogens with zero attached hydrogens (tertiary/aromatic N) is 3. The Morgan fingerprint density at radius 1 is 1.12 bits per heavy atom. The Labute approximate surface area is 150 Å². The van der Waals surface area contributed by atoms with E-state index in [1.807, 2.05) is 61.5 Å². The largest absolute Gasteiger partial charge is 0.351 e. The lowest BCUT2D eigenvalue weighted by Gasteiger charge is -2.06. The normalized spacial score (nSPS) is 11.0. The van der Waals surface area contributed by atoms with Crippen LogP contribution in [-0.4, -0.2) is 32.2 Å². The van der Waals surface area contributed by atoms with Crippen molar-refractivity contribution in [3.05, 3.63) is 77.9 Å². The number of H-pyrrole nitrogens is 1. The number of hydrogen-bond acceptors (Lipinski definition) is 3. The van der Waals surface area contributed by atoms with Gasteiger partial charge in [0.25, 0.3) is 5.91 Å². The number of para-hydroxylation sites is 3. The Bertz CT molecular complexity index is 1020. The predicted molar refractivity (Wildman–Crippen MR) is 100 cm³/mol. The van der Waals surface area contributed by atoms with Crippen LogP contribution in [0, 0.1) is 6.92 Å². The first-order valence-electron chi connectivity index (χ1n) is 8.54. The number of nitrogens with one attached hydrogen (secondary N) is 2. The minimum Gasteiger partial charge on any atom is -0.351 e. The third-order valence-electron chi connectivity index (χ3n) is 4.34. The van der Waals surface area contributed by atoms with E-state index in [0.29, 0.717) is 18.5 Å². The Morgan fingerprint density at radius 2 is 1.88 bits per heavy atom. The average Bonchev–Trinajstić information content (AvgIpc) is 3.25. The molecule has 4 aromatic rings. The quantitative estimate of drug-likeness (QED) is 0.584. The molecule has 0 aliphatic heterocycles. The molecular formula is C20H19N5O. The van der Waals surface area contributed by atoms with Gasteiger partial charge in [-0.1, -0.05) is 30.3 Å². The van der Waals surface area contributed by atoms with Gasteiger partial charge in [-0.3, -0.25) is 4.79 Å². The molecule has 2 heterocycles. The summed E-state index contributed by atoms with van der Waals surface area (Å²) in [5.74, 6) is 0.740. The molecule has 0 atom stereocenters. The average molecular weight is 345 g/mol. The lowest BCUT2D eigenvalue weighted by atomic mass is 10.2. The summed E-state index contributed by atoms with van der Waals surface area (Å²) in [5.41, 5.74) is 4.28. The summed E-state index contributed by atoms with van der Waals surface area (Å²) in [7, 11) is 0. The molecule has 26 heavy (non-hydrogen) atoms. The van der Waals surface area contributed by atoms with Gasteiger partial charge in [0.15, 0.2) is 0 Å². The highest BCUT2D eigenvalue weighted by atomic mass is 16.1. The van der Waals surface area contributed by atoms with E-state index in [1.54, 1.807) is 10.9 Å². The van der Waals surface area contributed by atoms with Crippen molar-refractivity contribution >= 4 is 16.9 Å². The Kier molecular flexibility index (Phi) is 4.23. The Balaban J connectivity index is 1.41. The molecule has 0 aliphatic carbocycles. The van der Waals surface area contributed by atoms with Crippen LogP contribution < -0.4 is 5.32 Å². The zero-order valence-corrected chi connectivity index (χ0v) is 14.4. The second-order valence-electron chi connectivity index (χ2n) is 6.10. The number of aromatic nitrogens is 4. The second-order valence-corrected chi connectivity index (χ2v) is 6.10. The van der Waals surface area contributed by atoms with Gasteiger partial charge in [0.2, 0.25) is 0 Å². The molecule has 0 saturated carbocycles. The molecule has 130 valence electrons. The van der Waals surface area contributed by atoms with Gasteiger partial charge in [-0.15, -0.1) is 0 Å². The zero-order valence-electron chi connectivity index (χ0n) is 14.4. The fourth-order valence-corrected chi connectivity index (χ4v) is 2.98. The SMILES string of the molecule is Cc1c(C(=O)NCCc2nc3ccccc3[nH]2)cnn1-c1ccccc1. The summed E-state index contributed by atoms with van der Waals surface area (Å²) < 4.78 is 1.77. The molecule has 1 amide bonds. The highest BCUT2D eigenvalue weighted by Crippen LogP contribution is 2.14. The molecule has 0 bridgehead atoms. The molecule has 6 nitrogen and oxygen atoms in total. The zero-order chi connectivity index (χ0) is 17.9. The van der Waals surface area contributed by atoms with Gasteiger partial charge in [0.05, 0.1) is 34.2 Å². The van der Waals surface area contributed by atoms with Gasteiger partial charge < -0.3 is 10.3 Å². The van der Waals surface area contributed by atoms with E-state index in [0.717, 1.165) is 28.2 Å². The molecule has 0 aliphatic rings. The molecule has 6 heteroatoms. The minimum atomic E-state index is -0.124. The topological polar surface area (TPSA) is 75.6 Å². The third-order valence-corrected chi connectivity index (χ3v) is 4.34. The third kappa shape index (κ3) is 3.09. The van der Waals surface area contributed by atoms with Gasteiger partial charge in [-0.2, -0.15) is 5.10 Å². The maximum Gasteiger partial charge on any atom is 0.254 e. The van der Waals surface area contributed by atoms with Crippen molar-refractivity contribution in [1.29, 1.82) is 0 Å². The monoisotopic (exact) mass is 345 g/mol. The lowest BCUT2D eigenvalue weighted by Crippen LogP contribution is -2.26. The van der Waals surface area contributed by atoms with Crippen molar-refractivity contribution in [1.82, 2.24) is 25.1 Å². The van der Waals surface area contributed by atoms with Gasteiger partial charge >= 0.3 is 0 Å². The van der Waals surface area contributed by atoms with Crippen molar-refractivity contribution in [3.8, 4) is 5.69 Å². The Morgan fingerprint density at radius 3 is 2.69 bits per heavy atom. The maximum absolute atomic E-state index is 12.5. The molecule has 2 aromatic carbocycles. The summed E-state index contributed by atoms with van der Waals surface area (Å²) >= 11 is 0. The summed E-state index contributed by atoms with van der Waals surface area (Å²) in [6.07, 6.45) is 2.26. The van der Waals surface area contributed by atoms with Gasteiger partial charge in [0, 0.05) is 13.0 Å². The minimum absolute atomic E-state index is 0.124. The first-order chi connectivity index (χ1) is 12.7. The highest BCUT2D eigenvalue weighted by Gasteiger charge is 2.14. The van der Waals surface area contributed by atoms with Crippen LogP contribution in [0.5, 0.6) is 0 Å². The summed E-state index contributed by atoms with van der Waals surface area (Å²) in [5, 5.41) is 7.28. The highest BCUT2D eigenvalue weighted by molar-refractivity contribution is 5.95. The van der Waals surface area contributed by atoms with Crippen molar-refractivity contribution in [2.45, 2.75) is 13.3 Å². The number of carbonyl (C=O) groups excluding carboxylic acids is 1. The summed E-state index contributed by atoms with van der Waals surface area (Å²) in [6, 6.07) is 17.7. The van der Waals surface area contributed by atoms with E-state index in [4.69, 9.17) is 0 Å². The summed E-state index contributed by atoms with van der Waals surface area (Å²) in [6.45, 7) is 2.41. The molecule has 0 unspecified atom stereocenters. The molecule has 0 saturated heterocycles. The molecule has 2 N–H and O–H groups in total. The van der Waals surface area contributed by atoms with E-state index in [2.05, 4.69) is 20.4 Å². The fraction of sp³-hybridized carbons (Fsp3) is 0.150. The van der Waals surface area contributed by atoms with E-state index < -0.39 is 0 Å². The van der Waals surface area contributed by atoms with Crippen LogP contribution in [0.4, 0.5) is 0 Å². The van der Waals surface area contributed by atoms with Gasteiger partial charge in [0.1, 0.15) is 5.82 Å². The van der Waals surface area contributed by atoms with Crippen LogP contribution in [0.15, 0.2) is 60.8 Å². The first-order valence-corrected chi connectivity index (χ1v) is 8.54. The standard InChI is InChI=1S/C20H19N5O/c1-14-16(13-22-25(14)15-7-3-2-4-8-15)20(26)21-12-11-19-23-17-9-5-6-10-18(17)24-19/h2-10,13H,11-12H2,1H3,(H,21,26)(H,23,24). The summed E-state index contributed by atoms with van der Waals surface area (Å²) in [4.78, 5) is 20.3. The molecule has 0 radical (unpaired) electrons. The number of hydrogen-bond donors (Lipinski definition) is 2. The fourth-order valence-electron chi connectivity index (χ4n) is 2.98. The molecule has 0 fully saturated rings. The number of amides is 1. The number of rotatable bonds is 5. The number of benzene rings is 2. The van der Waals surface area contributed by atoms with E-state index in [9.17, 15) is 4.79 Å². The lowest BCUT2D eigenvalue weighted by molar-refractivity contribution is 0.0953. The molecule has 4 rings (SSSR count). The van der Waals surface area contributed by atoms with Crippen molar-refractivity contribution < 1.29 is 4.79 Å². The number of imidazole rings is 1. The van der Waals surface area contributed by atoms with Gasteiger partial charge in [-0.25, -0.2) is 9.67 Å². The maximum atomic E-state index is 12.5. The molecule has 0 spiro atoms. The van der Waals surface area contributed by atoms with Crippen molar-refractivity contribution in [2.75, 3.05) is 6.54 Å². The Hall–Kier alpha value is -3.41. The van der Waals surface area contributed by atoms with Gasteiger partial charge in [-0.05, 0) is 31.2 Å². The number of fused-ring (bicyclic) bond motifs is 1. The first kappa shape index (κ1) is 16.1. The number of aromatic amines is 1. The van der Waals surface area contributed by atoms with Crippen LogP contribution in [0.1, 0.15) is 21.9 Å². The van der Waals surface area contributed by atoms with Crippen molar-refractivity contribution in [2.24, 2.45) is 0 Å². The predicted octanol–water partition coefficient (Wildman–Crippen LogP) is 3.03. The van der Waals surface area contributed by atoms with E-state index in [-0.39, 0.29) is 5.91 Å². The van der Waals surface area contributed by atoms with Crippen LogP contribution in [-0.2, 0) is 6.42 Å². The molecular weight excluding hydrogens is 326 g/mol. The van der Waals surface area contributed by atoms with Crippen LogP contribution in [0.2, 0.25) is 0 Å². The van der Waals surface area contributed by atoms with Crippen LogP contribution >= 0.6 is 0 Å². The van der Waals surface area contributed by atoms with Crippen LogP contribution in [0.3, 0.4) is 0 Å². The van der Waals surface area contributed by atoms with Crippen LogP contribution in [0.25, 0.3) is 16.7 Å². The smallest absolute Gasteiger partial charge is 0.254 e. The van der Waals surface area contributed by atoms with E-state index in [1.165, 1.54) is 0 Å². The number of carbonyl (C=O) groups is 1. The van der Waals surface area contributed by atoms with Crippen molar-refractivity contribution in [3.63, 3.8) is 0 Å². The molecule has 2 aromatic heterocycles. The van der Waals surface area contributed by atoms with E-state index >= 15 is 0 Å².